The van der Waals surface area contributed by atoms with E-state index >= 15 is 0 Å². The third-order valence-electron chi connectivity index (χ3n) is 6.18. The van der Waals surface area contributed by atoms with Crippen molar-refractivity contribution in [1.29, 1.82) is 0 Å². The molecule has 0 fully saturated rings. The van der Waals surface area contributed by atoms with Crippen molar-refractivity contribution in [2.24, 2.45) is 0 Å². The average molecular weight is 520 g/mol. The Labute approximate surface area is 223 Å². The number of ether oxygens (including phenoxy) is 2. The third kappa shape index (κ3) is 7.26. The molecule has 3 aromatic carbocycles. The van der Waals surface area contributed by atoms with E-state index in [0.29, 0.717) is 36.4 Å². The summed E-state index contributed by atoms with van der Waals surface area (Å²) in [7, 11) is 0. The van der Waals surface area contributed by atoms with Crippen molar-refractivity contribution in [2.45, 2.75) is 46.1 Å². The van der Waals surface area contributed by atoms with Crippen LogP contribution in [0.3, 0.4) is 0 Å². The van der Waals surface area contributed by atoms with Crippen LogP contribution in [0.4, 0.5) is 0 Å². The molecule has 0 saturated carbocycles. The van der Waals surface area contributed by atoms with Gasteiger partial charge in [0.25, 0.3) is 5.91 Å². The van der Waals surface area contributed by atoms with Crippen LogP contribution >= 0.6 is 11.6 Å². The van der Waals surface area contributed by atoms with Gasteiger partial charge in [-0.3, -0.25) is 4.79 Å². The van der Waals surface area contributed by atoms with Gasteiger partial charge in [-0.2, -0.15) is 0 Å². The van der Waals surface area contributed by atoms with Gasteiger partial charge in [-0.1, -0.05) is 49.7 Å². The molecule has 194 valence electrons. The molecule has 0 saturated heterocycles. The maximum atomic E-state index is 12.2. The highest BCUT2D eigenvalue weighted by molar-refractivity contribution is 6.30. The molecular formula is C30H34ClN3O3. The van der Waals surface area contributed by atoms with Gasteiger partial charge in [0.2, 0.25) is 0 Å². The Morgan fingerprint density at radius 2 is 1.84 bits per heavy atom. The monoisotopic (exact) mass is 519 g/mol. The molecule has 0 atom stereocenters. The Bertz CT molecular complexity index is 1330. The van der Waals surface area contributed by atoms with Gasteiger partial charge >= 0.3 is 0 Å². The molecule has 0 aliphatic heterocycles. The maximum Gasteiger partial charge on any atom is 0.257 e. The van der Waals surface area contributed by atoms with E-state index in [1.54, 1.807) is 24.3 Å². The number of benzene rings is 3. The molecule has 1 aromatic heterocycles. The first-order chi connectivity index (χ1) is 17.9. The Kier molecular flexibility index (Phi) is 9.07. The highest BCUT2D eigenvalue weighted by atomic mass is 35.5. The molecule has 0 bridgehead atoms. The van der Waals surface area contributed by atoms with E-state index < -0.39 is 0 Å². The second-order valence-corrected chi connectivity index (χ2v) is 9.85. The fraction of sp³-hybridized carbons (Fsp3) is 0.333. The normalized spacial score (nSPS) is 11.2. The van der Waals surface area contributed by atoms with Crippen LogP contribution in [0.1, 0.15) is 43.1 Å². The third-order valence-corrected chi connectivity index (χ3v) is 6.43. The minimum absolute atomic E-state index is 0.0329. The number of carbonyl (C=O) groups excluding carboxylic acids is 1. The zero-order valence-corrected chi connectivity index (χ0v) is 22.4. The van der Waals surface area contributed by atoms with Crippen molar-refractivity contribution in [1.82, 2.24) is 14.9 Å². The second-order valence-electron chi connectivity index (χ2n) is 9.41. The van der Waals surface area contributed by atoms with Crippen molar-refractivity contribution in [3.05, 3.63) is 88.7 Å². The Balaban J connectivity index is 1.32. The quantitative estimate of drug-likeness (QED) is 0.222. The van der Waals surface area contributed by atoms with Gasteiger partial charge in [0.1, 0.15) is 23.9 Å². The first-order valence-corrected chi connectivity index (χ1v) is 13.1. The van der Waals surface area contributed by atoms with Gasteiger partial charge in [-0.25, -0.2) is 4.98 Å². The van der Waals surface area contributed by atoms with Gasteiger partial charge in [-0.15, -0.1) is 0 Å². The van der Waals surface area contributed by atoms with E-state index in [2.05, 4.69) is 54.9 Å². The lowest BCUT2D eigenvalue weighted by Gasteiger charge is -2.16. The number of hydrogen-bond acceptors (Lipinski definition) is 4. The molecule has 0 aliphatic rings. The first kappa shape index (κ1) is 26.6. The van der Waals surface area contributed by atoms with Crippen molar-refractivity contribution >= 4 is 28.5 Å². The minimum atomic E-state index is -0.157. The number of imidazole rings is 1. The predicted octanol–water partition coefficient (Wildman–Crippen LogP) is 6.33. The summed E-state index contributed by atoms with van der Waals surface area (Å²) in [6.45, 7) is 8.21. The SMILES string of the molecule is Cc1ccc(C(C)C)c(OCCn2c(CCCNC(=O)COc3ccc(Cl)cc3)nc3ccccc32)c1. The Morgan fingerprint density at radius 3 is 2.62 bits per heavy atom. The lowest BCUT2D eigenvalue weighted by Crippen LogP contribution is -2.30. The highest BCUT2D eigenvalue weighted by Gasteiger charge is 2.13. The number of aromatic nitrogens is 2. The average Bonchev–Trinajstić information content (AvgIpc) is 3.23. The second kappa shape index (κ2) is 12.6. The summed E-state index contributed by atoms with van der Waals surface area (Å²) >= 11 is 5.88. The van der Waals surface area contributed by atoms with E-state index in [-0.39, 0.29) is 12.5 Å². The fourth-order valence-corrected chi connectivity index (χ4v) is 4.39. The zero-order chi connectivity index (χ0) is 26.2. The van der Waals surface area contributed by atoms with E-state index in [1.807, 2.05) is 18.2 Å². The van der Waals surface area contributed by atoms with Crippen LogP contribution in [-0.4, -0.2) is 35.2 Å². The van der Waals surface area contributed by atoms with E-state index in [0.717, 1.165) is 35.4 Å². The molecule has 0 spiro atoms. The summed E-state index contributed by atoms with van der Waals surface area (Å²) in [5, 5.41) is 3.55. The number of rotatable bonds is 12. The number of nitrogens with zero attached hydrogens (tertiary/aromatic N) is 2. The molecule has 0 aliphatic carbocycles. The molecule has 7 heteroatoms. The maximum absolute atomic E-state index is 12.2. The Hall–Kier alpha value is -3.51. The van der Waals surface area contributed by atoms with Crippen molar-refractivity contribution in [2.75, 3.05) is 19.8 Å². The van der Waals surface area contributed by atoms with Crippen LogP contribution in [0.2, 0.25) is 5.02 Å². The van der Waals surface area contributed by atoms with E-state index in [1.165, 1.54) is 11.1 Å². The van der Waals surface area contributed by atoms with Gasteiger partial charge in [0, 0.05) is 18.0 Å². The lowest BCUT2D eigenvalue weighted by molar-refractivity contribution is -0.123. The van der Waals surface area contributed by atoms with Crippen molar-refractivity contribution < 1.29 is 14.3 Å². The van der Waals surface area contributed by atoms with Crippen LogP contribution in [0, 0.1) is 6.92 Å². The topological polar surface area (TPSA) is 65.4 Å². The van der Waals surface area contributed by atoms with Crippen LogP contribution in [-0.2, 0) is 17.8 Å². The van der Waals surface area contributed by atoms with Crippen LogP contribution in [0.15, 0.2) is 66.7 Å². The molecule has 1 amide bonds. The number of fused-ring (bicyclic) bond motifs is 1. The zero-order valence-electron chi connectivity index (χ0n) is 21.7. The summed E-state index contributed by atoms with van der Waals surface area (Å²) in [6.07, 6.45) is 1.51. The van der Waals surface area contributed by atoms with Crippen molar-refractivity contribution in [3.63, 3.8) is 0 Å². The summed E-state index contributed by atoms with van der Waals surface area (Å²) in [5.41, 5.74) is 4.47. The molecule has 6 nitrogen and oxygen atoms in total. The smallest absolute Gasteiger partial charge is 0.257 e. The summed E-state index contributed by atoms with van der Waals surface area (Å²) in [5.74, 6) is 2.79. The van der Waals surface area contributed by atoms with Crippen LogP contribution < -0.4 is 14.8 Å². The van der Waals surface area contributed by atoms with E-state index in [9.17, 15) is 4.79 Å². The van der Waals surface area contributed by atoms with Crippen molar-refractivity contribution in [3.8, 4) is 11.5 Å². The summed E-state index contributed by atoms with van der Waals surface area (Å²) in [6, 6.07) is 21.5. The molecule has 1 N–H and O–H groups in total. The minimum Gasteiger partial charge on any atom is -0.491 e. The molecule has 4 aromatic rings. The number of nitrogens with one attached hydrogen (secondary N) is 1. The number of amides is 1. The van der Waals surface area contributed by atoms with Gasteiger partial charge < -0.3 is 19.4 Å². The number of carbonyl (C=O) groups is 1. The Morgan fingerprint density at radius 1 is 1.05 bits per heavy atom. The molecular weight excluding hydrogens is 486 g/mol. The van der Waals surface area contributed by atoms with Gasteiger partial charge in [0.05, 0.1) is 17.6 Å². The standard InChI is InChI=1S/C30H34ClN3O3/c1-21(2)25-15-10-22(3)19-28(25)36-18-17-34-27-8-5-4-7-26(27)33-29(34)9-6-16-32-30(35)20-37-24-13-11-23(31)12-14-24/h4-5,7-8,10-15,19,21H,6,9,16-18,20H2,1-3H3,(H,32,35). The number of para-hydroxylation sites is 2. The number of halogens is 1. The number of aryl methyl sites for hydroxylation is 2. The molecule has 0 unspecified atom stereocenters. The molecule has 1 heterocycles. The molecule has 37 heavy (non-hydrogen) atoms. The van der Waals surface area contributed by atoms with Crippen LogP contribution in [0.5, 0.6) is 11.5 Å². The fourth-order valence-electron chi connectivity index (χ4n) is 4.26. The number of hydrogen-bond donors (Lipinski definition) is 1. The van der Waals surface area contributed by atoms with Gasteiger partial charge in [-0.05, 0) is 72.9 Å². The first-order valence-electron chi connectivity index (χ1n) is 12.7. The largest absolute Gasteiger partial charge is 0.491 e. The van der Waals surface area contributed by atoms with E-state index in [4.69, 9.17) is 26.1 Å². The van der Waals surface area contributed by atoms with Gasteiger partial charge in [0.15, 0.2) is 6.61 Å². The molecule has 4 rings (SSSR count). The summed E-state index contributed by atoms with van der Waals surface area (Å²) < 4.78 is 14.0. The lowest BCUT2D eigenvalue weighted by atomic mass is 10.0. The highest BCUT2D eigenvalue weighted by Crippen LogP contribution is 2.28. The molecule has 0 radical (unpaired) electrons. The van der Waals surface area contributed by atoms with Crippen LogP contribution in [0.25, 0.3) is 11.0 Å². The summed E-state index contributed by atoms with van der Waals surface area (Å²) in [4.78, 5) is 17.0. The predicted molar refractivity (Wildman–Crippen MR) is 149 cm³/mol.